The Labute approximate surface area is 424 Å². The van der Waals surface area contributed by atoms with E-state index in [4.69, 9.17) is 4.42 Å². The van der Waals surface area contributed by atoms with Crippen LogP contribution in [0.5, 0.6) is 0 Å². The highest BCUT2D eigenvalue weighted by molar-refractivity contribution is 6.27. The molecular formula is C69H49N3O. The predicted octanol–water partition coefficient (Wildman–Crippen LogP) is 19.3. The summed E-state index contributed by atoms with van der Waals surface area (Å²) < 4.78 is 9.63. The Morgan fingerprint density at radius 1 is 0.384 bits per heavy atom. The fourth-order valence-corrected chi connectivity index (χ4v) is 11.8. The first-order chi connectivity index (χ1) is 36.0. The Kier molecular flexibility index (Phi) is 9.84. The van der Waals surface area contributed by atoms with Gasteiger partial charge in [0.05, 0.1) is 22.1 Å². The molecule has 0 spiro atoms. The number of nitrogens with zero attached hydrogens (tertiary/aromatic N) is 3. The molecule has 0 aliphatic heterocycles. The van der Waals surface area contributed by atoms with E-state index >= 15 is 0 Å². The predicted molar refractivity (Wildman–Crippen MR) is 306 cm³/mol. The number of hydrogen-bond acceptors (Lipinski definition) is 3. The lowest BCUT2D eigenvalue weighted by atomic mass is 9.82. The van der Waals surface area contributed by atoms with Gasteiger partial charge in [-0.2, -0.15) is 0 Å². The van der Waals surface area contributed by atoms with Crippen molar-refractivity contribution >= 4 is 77.9 Å². The zero-order chi connectivity index (χ0) is 48.6. The third kappa shape index (κ3) is 6.83. The van der Waals surface area contributed by atoms with Gasteiger partial charge in [0.2, 0.25) is 0 Å². The van der Waals surface area contributed by atoms with E-state index < -0.39 is 0 Å². The molecule has 11 aromatic carbocycles. The van der Waals surface area contributed by atoms with E-state index in [2.05, 4.69) is 289 Å². The molecule has 0 N–H and O–H groups in total. The van der Waals surface area contributed by atoms with Gasteiger partial charge in [0.15, 0.2) is 0 Å². The van der Waals surface area contributed by atoms with E-state index in [-0.39, 0.29) is 5.41 Å². The van der Waals surface area contributed by atoms with Gasteiger partial charge in [-0.25, -0.2) is 0 Å². The highest BCUT2D eigenvalue weighted by Gasteiger charge is 2.38. The molecule has 13 aromatic rings. The van der Waals surface area contributed by atoms with Crippen LogP contribution in [-0.4, -0.2) is 4.57 Å². The number of hydrogen-bond donors (Lipinski definition) is 0. The monoisotopic (exact) mass is 935 g/mol. The summed E-state index contributed by atoms with van der Waals surface area (Å²) in [6.07, 6.45) is 0. The van der Waals surface area contributed by atoms with Gasteiger partial charge in [0, 0.05) is 66.8 Å². The topological polar surface area (TPSA) is 24.6 Å². The molecule has 2 heterocycles. The zero-order valence-corrected chi connectivity index (χ0v) is 40.6. The molecule has 2 aromatic heterocycles. The second kappa shape index (κ2) is 16.9. The highest BCUT2D eigenvalue weighted by atomic mass is 16.3. The van der Waals surface area contributed by atoms with E-state index in [0.717, 1.165) is 89.3 Å². The van der Waals surface area contributed by atoms with Gasteiger partial charge in [0.25, 0.3) is 0 Å². The summed E-state index contributed by atoms with van der Waals surface area (Å²) in [7, 11) is 0. The van der Waals surface area contributed by atoms with Crippen LogP contribution >= 0.6 is 0 Å². The third-order valence-electron chi connectivity index (χ3n) is 15.1. The third-order valence-corrected chi connectivity index (χ3v) is 15.1. The lowest BCUT2D eigenvalue weighted by Crippen LogP contribution is -2.16. The second-order valence-electron chi connectivity index (χ2n) is 19.7. The Balaban J connectivity index is 1.10. The first-order valence-corrected chi connectivity index (χ1v) is 25.2. The van der Waals surface area contributed by atoms with Gasteiger partial charge in [-0.15, -0.1) is 0 Å². The summed E-state index contributed by atoms with van der Waals surface area (Å²) >= 11 is 0. The minimum absolute atomic E-state index is 0.186. The van der Waals surface area contributed by atoms with Crippen LogP contribution < -0.4 is 9.80 Å². The van der Waals surface area contributed by atoms with Crippen molar-refractivity contribution in [1.82, 2.24) is 4.57 Å². The van der Waals surface area contributed by atoms with Gasteiger partial charge in [-0.3, -0.25) is 0 Å². The molecule has 0 radical (unpaired) electrons. The fourth-order valence-electron chi connectivity index (χ4n) is 11.8. The van der Waals surface area contributed by atoms with E-state index in [1.165, 1.54) is 38.8 Å². The van der Waals surface area contributed by atoms with E-state index in [1.54, 1.807) is 0 Å². The summed E-state index contributed by atoms with van der Waals surface area (Å²) in [5.74, 6) is 0. The quantitative estimate of drug-likeness (QED) is 0.144. The van der Waals surface area contributed by atoms with Crippen LogP contribution in [0.4, 0.5) is 34.1 Å². The minimum atomic E-state index is -0.186. The average Bonchev–Trinajstić information content (AvgIpc) is 4.08. The summed E-state index contributed by atoms with van der Waals surface area (Å²) in [6, 6.07) is 94.6. The first-order valence-electron chi connectivity index (χ1n) is 25.2. The second-order valence-corrected chi connectivity index (χ2v) is 19.7. The van der Waals surface area contributed by atoms with Crippen LogP contribution in [0.2, 0.25) is 0 Å². The maximum absolute atomic E-state index is 7.21. The number of benzene rings is 11. The van der Waals surface area contributed by atoms with Crippen molar-refractivity contribution in [3.63, 3.8) is 0 Å². The van der Waals surface area contributed by atoms with Crippen molar-refractivity contribution in [3.8, 4) is 39.1 Å². The van der Waals surface area contributed by atoms with Crippen LogP contribution in [-0.2, 0) is 5.41 Å². The summed E-state index contributed by atoms with van der Waals surface area (Å²) in [6.45, 7) is 4.72. The molecule has 0 amide bonds. The summed E-state index contributed by atoms with van der Waals surface area (Å²) in [5, 5.41) is 4.52. The molecule has 346 valence electrons. The molecule has 4 heteroatoms. The van der Waals surface area contributed by atoms with Crippen molar-refractivity contribution in [1.29, 1.82) is 0 Å². The number of aromatic nitrogens is 1. The summed E-state index contributed by atoms with van der Waals surface area (Å²) in [5.41, 5.74) is 20.8. The van der Waals surface area contributed by atoms with E-state index in [1.807, 2.05) is 0 Å². The number of furan rings is 1. The number of anilines is 6. The molecule has 0 saturated heterocycles. The minimum Gasteiger partial charge on any atom is -0.455 e. The number of rotatable bonds is 9. The van der Waals surface area contributed by atoms with Crippen molar-refractivity contribution in [2.24, 2.45) is 0 Å². The Morgan fingerprint density at radius 3 is 1.68 bits per heavy atom. The molecule has 14 rings (SSSR count). The van der Waals surface area contributed by atoms with Crippen LogP contribution in [0.1, 0.15) is 25.0 Å². The average molecular weight is 936 g/mol. The standard InChI is InChI=1S/C69H49N3O/c1-69(2)60-33-18-15-31-56(60)65-61(69)34-21-36-63(65)71(50-26-11-5-12-27-50)54-43-48(42-53(44-54)70(49-24-9-4-10-25-49)52-40-38-47(39-41-52)46-22-7-3-8-23-46)58-45-59-55-30-16-19-35-62(55)72(51-28-13-6-14-29-51)67(59)66-57-32-17-20-37-64(57)73-68(58)66/h3-45H,1-2H3. The van der Waals surface area contributed by atoms with E-state index in [0.29, 0.717) is 0 Å². The van der Waals surface area contributed by atoms with Crippen LogP contribution in [0.3, 0.4) is 0 Å². The smallest absolute Gasteiger partial charge is 0.145 e. The molecule has 1 aliphatic carbocycles. The van der Waals surface area contributed by atoms with Gasteiger partial charge >= 0.3 is 0 Å². The summed E-state index contributed by atoms with van der Waals surface area (Å²) in [4.78, 5) is 4.87. The highest BCUT2D eigenvalue weighted by Crippen LogP contribution is 2.55. The van der Waals surface area contributed by atoms with Crippen molar-refractivity contribution in [2.45, 2.75) is 19.3 Å². The fraction of sp³-hybridized carbons (Fsp3) is 0.0435. The van der Waals surface area contributed by atoms with E-state index in [9.17, 15) is 0 Å². The largest absolute Gasteiger partial charge is 0.455 e. The van der Waals surface area contributed by atoms with Gasteiger partial charge in [0.1, 0.15) is 11.2 Å². The van der Waals surface area contributed by atoms with Crippen molar-refractivity contribution < 1.29 is 4.42 Å². The Hall–Kier alpha value is -9.38. The first kappa shape index (κ1) is 42.5. The molecule has 0 unspecified atom stereocenters. The van der Waals surface area contributed by atoms with Crippen molar-refractivity contribution in [2.75, 3.05) is 9.80 Å². The molecule has 4 nitrogen and oxygen atoms in total. The SMILES string of the molecule is CC1(C)c2ccccc2-c2c(N(c3ccccc3)c3cc(-c4cc5c6ccccc6n(-c6ccccc6)c5c5c4oc4ccccc45)cc(N(c4ccccc4)c4ccc(-c5ccccc5)cc4)c3)cccc21. The Bertz CT molecular complexity index is 4210. The molecule has 0 bridgehead atoms. The molecular weight excluding hydrogens is 887 g/mol. The van der Waals surface area contributed by atoms with Crippen LogP contribution in [0, 0.1) is 0 Å². The van der Waals surface area contributed by atoms with Gasteiger partial charge in [-0.05, 0) is 124 Å². The lowest BCUT2D eigenvalue weighted by Gasteiger charge is -2.32. The Morgan fingerprint density at radius 2 is 0.945 bits per heavy atom. The maximum Gasteiger partial charge on any atom is 0.145 e. The van der Waals surface area contributed by atoms with Gasteiger partial charge in [-0.1, -0.05) is 184 Å². The molecule has 0 atom stereocenters. The molecule has 0 fully saturated rings. The van der Waals surface area contributed by atoms with Crippen LogP contribution in [0.15, 0.2) is 265 Å². The molecule has 73 heavy (non-hydrogen) atoms. The molecule has 0 saturated carbocycles. The maximum atomic E-state index is 7.21. The van der Waals surface area contributed by atoms with Crippen LogP contribution in [0.25, 0.3) is 82.8 Å². The zero-order valence-electron chi connectivity index (χ0n) is 40.6. The number of fused-ring (bicyclic) bond motifs is 10. The normalized spacial score (nSPS) is 12.6. The van der Waals surface area contributed by atoms with Crippen molar-refractivity contribution in [3.05, 3.63) is 272 Å². The lowest BCUT2D eigenvalue weighted by molar-refractivity contribution is 0.660. The van der Waals surface area contributed by atoms with Gasteiger partial charge < -0.3 is 18.8 Å². The molecule has 1 aliphatic rings. The number of para-hydroxylation sites is 5.